The van der Waals surface area contributed by atoms with Crippen LogP contribution in [0.4, 0.5) is 4.79 Å². The highest BCUT2D eigenvalue weighted by Gasteiger charge is 2.34. The average Bonchev–Trinajstić information content (AvgIpc) is 3.68. The molecule has 43 heavy (non-hydrogen) atoms. The van der Waals surface area contributed by atoms with Crippen LogP contribution in [0.5, 0.6) is 0 Å². The van der Waals surface area contributed by atoms with E-state index in [0.29, 0.717) is 31.5 Å². The number of H-pyrrole nitrogens is 2. The Morgan fingerprint density at radius 1 is 0.907 bits per heavy atom. The monoisotopic (exact) mass is 579 g/mol. The largest absolute Gasteiger partial charge is 0.444 e. The minimum absolute atomic E-state index is 0.337. The summed E-state index contributed by atoms with van der Waals surface area (Å²) in [5.74, 6) is 2.05. The van der Waals surface area contributed by atoms with Crippen LogP contribution < -0.4 is 0 Å². The fourth-order valence-electron chi connectivity index (χ4n) is 5.98. The number of morpholine rings is 1. The van der Waals surface area contributed by atoms with Gasteiger partial charge >= 0.3 is 6.09 Å². The molecule has 0 aliphatic carbocycles. The molecule has 4 heterocycles. The summed E-state index contributed by atoms with van der Waals surface area (Å²) in [5, 5.41) is 2.34. The number of ether oxygens (including phenoxy) is 3. The Kier molecular flexibility index (Phi) is 7.15. The number of nitrogens with zero attached hydrogens (tertiary/aromatic N) is 3. The van der Waals surface area contributed by atoms with Gasteiger partial charge in [0.15, 0.2) is 0 Å². The molecule has 0 saturated carbocycles. The number of hydrogen-bond acceptors (Lipinski definition) is 6. The van der Waals surface area contributed by atoms with Crippen LogP contribution in [0.15, 0.2) is 60.8 Å². The van der Waals surface area contributed by atoms with Gasteiger partial charge in [0.2, 0.25) is 0 Å². The second-order valence-electron chi connectivity index (χ2n) is 12.5. The molecule has 2 aliphatic heterocycles. The summed E-state index contributed by atoms with van der Waals surface area (Å²) in [5.41, 5.74) is 5.54. The highest BCUT2D eigenvalue weighted by atomic mass is 16.6. The Morgan fingerprint density at radius 2 is 1.65 bits per heavy atom. The number of hydrogen-bond donors (Lipinski definition) is 2. The molecule has 2 aliphatic rings. The summed E-state index contributed by atoms with van der Waals surface area (Å²) in [6.45, 7) is 8.50. The molecule has 0 bridgehead atoms. The smallest absolute Gasteiger partial charge is 0.411 e. The Labute approximate surface area is 250 Å². The van der Waals surface area contributed by atoms with Gasteiger partial charge in [-0.15, -0.1) is 0 Å². The Balaban J connectivity index is 1.12. The van der Waals surface area contributed by atoms with Crippen LogP contribution in [0.3, 0.4) is 0 Å². The van der Waals surface area contributed by atoms with E-state index in [1.54, 1.807) is 4.90 Å². The minimum Gasteiger partial charge on any atom is -0.444 e. The summed E-state index contributed by atoms with van der Waals surface area (Å²) in [6.07, 6.45) is 3.77. The van der Waals surface area contributed by atoms with Crippen LogP contribution in [0.25, 0.3) is 44.2 Å². The maximum absolute atomic E-state index is 12.9. The number of amides is 1. The number of carbonyl (C=O) groups excluding carboxylic acids is 1. The number of nitrogens with one attached hydrogen (secondary N) is 2. The van der Waals surface area contributed by atoms with Crippen molar-refractivity contribution >= 4 is 27.9 Å². The number of aromatic nitrogens is 4. The molecule has 2 aromatic heterocycles. The van der Waals surface area contributed by atoms with Gasteiger partial charge in [0.05, 0.1) is 42.7 Å². The van der Waals surface area contributed by atoms with E-state index in [2.05, 4.69) is 63.5 Å². The second-order valence-corrected chi connectivity index (χ2v) is 12.5. The van der Waals surface area contributed by atoms with Crippen molar-refractivity contribution in [2.75, 3.05) is 33.0 Å². The first-order valence-electron chi connectivity index (χ1n) is 15.0. The van der Waals surface area contributed by atoms with Crippen molar-refractivity contribution in [2.45, 2.75) is 51.2 Å². The Hall–Kier alpha value is -4.21. The van der Waals surface area contributed by atoms with E-state index in [1.165, 1.54) is 10.8 Å². The topological polar surface area (TPSA) is 105 Å². The fraction of sp³-hybridized carbons (Fsp3) is 0.382. The zero-order valence-electron chi connectivity index (χ0n) is 24.9. The molecule has 2 unspecified atom stereocenters. The molecule has 0 spiro atoms. The third-order valence-electron chi connectivity index (χ3n) is 8.20. The Bertz CT molecular complexity index is 1780. The lowest BCUT2D eigenvalue weighted by molar-refractivity contribution is -0.0348. The number of imidazole rings is 2. The van der Waals surface area contributed by atoms with E-state index in [9.17, 15) is 4.79 Å². The molecule has 2 N–H and O–H groups in total. The van der Waals surface area contributed by atoms with Crippen LogP contribution in [0.1, 0.15) is 57.2 Å². The summed E-state index contributed by atoms with van der Waals surface area (Å²) in [4.78, 5) is 31.1. The molecule has 9 nitrogen and oxygen atoms in total. The van der Waals surface area contributed by atoms with Gasteiger partial charge < -0.3 is 24.2 Å². The van der Waals surface area contributed by atoms with E-state index < -0.39 is 5.60 Å². The summed E-state index contributed by atoms with van der Waals surface area (Å²) in [7, 11) is 0. The zero-order chi connectivity index (χ0) is 29.6. The van der Waals surface area contributed by atoms with Gasteiger partial charge in [-0.3, -0.25) is 4.90 Å². The third kappa shape index (κ3) is 5.75. The molecular weight excluding hydrogens is 542 g/mol. The molecule has 5 aromatic rings. The lowest BCUT2D eigenvalue weighted by Gasteiger charge is -2.35. The summed E-state index contributed by atoms with van der Waals surface area (Å²) < 4.78 is 17.0. The molecule has 2 saturated heterocycles. The lowest BCUT2D eigenvalue weighted by atomic mass is 9.99. The van der Waals surface area contributed by atoms with Crippen LogP contribution in [0, 0.1) is 0 Å². The number of rotatable bonds is 4. The van der Waals surface area contributed by atoms with Crippen molar-refractivity contribution in [3.05, 3.63) is 72.4 Å². The number of fused-ring (bicyclic) bond motifs is 2. The van der Waals surface area contributed by atoms with E-state index >= 15 is 0 Å². The average molecular weight is 580 g/mol. The number of carbonyl (C=O) groups is 1. The molecule has 222 valence electrons. The van der Waals surface area contributed by atoms with E-state index in [-0.39, 0.29) is 12.1 Å². The molecule has 0 radical (unpaired) electrons. The number of aromatic amines is 2. The van der Waals surface area contributed by atoms with Gasteiger partial charge in [0.1, 0.15) is 23.3 Å². The second kappa shape index (κ2) is 11.1. The first-order chi connectivity index (χ1) is 20.8. The van der Waals surface area contributed by atoms with Gasteiger partial charge in [-0.25, -0.2) is 14.8 Å². The van der Waals surface area contributed by atoms with Crippen LogP contribution >= 0.6 is 0 Å². The predicted octanol–water partition coefficient (Wildman–Crippen LogP) is 6.98. The van der Waals surface area contributed by atoms with Crippen LogP contribution in [-0.2, 0) is 14.2 Å². The van der Waals surface area contributed by atoms with Gasteiger partial charge in [0.25, 0.3) is 0 Å². The molecule has 1 amide bonds. The molecule has 2 fully saturated rings. The van der Waals surface area contributed by atoms with E-state index in [1.807, 2.05) is 33.0 Å². The SMILES string of the molecule is CC(C)(C)OC(=O)N1CCOCC1c1nc2ccc(-c3ccc4cc(-c5cnc(C6CCCOC6)[nH]5)ccc4c3)cc2[nH]1. The first kappa shape index (κ1) is 27.6. The minimum atomic E-state index is -0.572. The maximum Gasteiger partial charge on any atom is 0.411 e. The Morgan fingerprint density at radius 3 is 2.44 bits per heavy atom. The van der Waals surface area contributed by atoms with Crippen LogP contribution in [0.2, 0.25) is 0 Å². The van der Waals surface area contributed by atoms with E-state index in [4.69, 9.17) is 19.2 Å². The van der Waals surface area contributed by atoms with Gasteiger partial charge in [-0.2, -0.15) is 0 Å². The third-order valence-corrected chi connectivity index (χ3v) is 8.20. The van der Waals surface area contributed by atoms with Crippen molar-refractivity contribution in [2.24, 2.45) is 0 Å². The highest BCUT2D eigenvalue weighted by molar-refractivity contribution is 5.91. The van der Waals surface area contributed by atoms with Crippen LogP contribution in [-0.4, -0.2) is 69.5 Å². The number of benzene rings is 3. The normalized spacial score (nSPS) is 19.7. The van der Waals surface area contributed by atoms with Gasteiger partial charge in [0, 0.05) is 24.6 Å². The summed E-state index contributed by atoms with van der Waals surface area (Å²) in [6, 6.07) is 18.9. The van der Waals surface area contributed by atoms with Crippen molar-refractivity contribution in [3.63, 3.8) is 0 Å². The lowest BCUT2D eigenvalue weighted by Crippen LogP contribution is -2.46. The molecule has 3 aromatic carbocycles. The van der Waals surface area contributed by atoms with E-state index in [0.717, 1.165) is 65.3 Å². The zero-order valence-corrected chi connectivity index (χ0v) is 24.9. The quantitative estimate of drug-likeness (QED) is 0.238. The molecular formula is C34H37N5O4. The van der Waals surface area contributed by atoms with Crippen molar-refractivity contribution < 1.29 is 19.0 Å². The summed E-state index contributed by atoms with van der Waals surface area (Å²) >= 11 is 0. The molecule has 9 heteroatoms. The van der Waals surface area contributed by atoms with Crippen molar-refractivity contribution in [1.82, 2.24) is 24.8 Å². The highest BCUT2D eigenvalue weighted by Crippen LogP contribution is 2.32. The van der Waals surface area contributed by atoms with Crippen molar-refractivity contribution in [3.8, 4) is 22.4 Å². The predicted molar refractivity (Wildman–Crippen MR) is 166 cm³/mol. The standard InChI is InChI=1S/C34H37N5O4/c1-34(2,3)43-33(40)39-12-14-42-20-30(39)32-36-27-11-10-24(17-28(27)37-32)22-6-7-23-16-25(9-8-21(23)15-22)29-18-35-31(38-29)26-5-4-13-41-19-26/h6-11,15-18,26,30H,4-5,12-14,19-20H2,1-3H3,(H,35,38)(H,36,37). The molecule has 2 atom stereocenters. The van der Waals surface area contributed by atoms with Gasteiger partial charge in [-0.1, -0.05) is 30.3 Å². The first-order valence-corrected chi connectivity index (χ1v) is 15.0. The van der Waals surface area contributed by atoms with Gasteiger partial charge in [-0.05, 0) is 79.8 Å². The maximum atomic E-state index is 12.9. The fourth-order valence-corrected chi connectivity index (χ4v) is 5.98. The molecule has 7 rings (SSSR count). The van der Waals surface area contributed by atoms with Crippen molar-refractivity contribution in [1.29, 1.82) is 0 Å².